The zero-order valence-electron chi connectivity index (χ0n) is 11.1. The predicted octanol–water partition coefficient (Wildman–Crippen LogP) is 2.36. The lowest BCUT2D eigenvalue weighted by atomic mass is 9.88. The van der Waals surface area contributed by atoms with Crippen LogP contribution in [-0.2, 0) is 0 Å². The molecule has 0 spiro atoms. The van der Waals surface area contributed by atoms with E-state index in [0.29, 0.717) is 23.9 Å². The molecule has 0 aliphatic heterocycles. The molecule has 0 atom stereocenters. The Bertz CT molecular complexity index is 356. The number of nitrogens with zero attached hydrogens (tertiary/aromatic N) is 1. The van der Waals surface area contributed by atoms with Gasteiger partial charge in [-0.25, -0.2) is 0 Å². The molecular weight excluding hydrogens is 222 g/mol. The van der Waals surface area contributed by atoms with Crippen molar-refractivity contribution in [3.8, 4) is 0 Å². The molecule has 100 valence electrons. The monoisotopic (exact) mass is 247 g/mol. The minimum atomic E-state index is 0.381. The van der Waals surface area contributed by atoms with Crippen LogP contribution in [0.4, 0.5) is 0 Å². The Kier molecular flexibility index (Phi) is 3.42. The van der Waals surface area contributed by atoms with E-state index in [1.54, 1.807) is 0 Å². The summed E-state index contributed by atoms with van der Waals surface area (Å²) in [7, 11) is 0. The third-order valence-corrected chi connectivity index (χ3v) is 4.72. The Morgan fingerprint density at radius 1 is 1.00 bits per heavy atom. The van der Waals surface area contributed by atoms with Crippen LogP contribution in [0.25, 0.3) is 0 Å². The van der Waals surface area contributed by atoms with Crippen LogP contribution in [0, 0.1) is 11.8 Å². The summed E-state index contributed by atoms with van der Waals surface area (Å²) in [6, 6.07) is 0.843. The van der Waals surface area contributed by atoms with Crippen molar-refractivity contribution in [2.45, 2.75) is 63.5 Å². The summed E-state index contributed by atoms with van der Waals surface area (Å²) in [5, 5.41) is 0. The fraction of sp³-hybridized carbons (Fsp3) is 0.800. The second kappa shape index (κ2) is 5.04. The van der Waals surface area contributed by atoms with E-state index >= 15 is 0 Å². The Morgan fingerprint density at radius 2 is 1.67 bits per heavy atom. The third kappa shape index (κ3) is 2.61. The molecule has 3 nitrogen and oxygen atoms in total. The van der Waals surface area contributed by atoms with Gasteiger partial charge in [-0.2, -0.15) is 0 Å². The molecule has 3 rings (SSSR count). The van der Waals surface area contributed by atoms with Crippen LogP contribution in [0.2, 0.25) is 0 Å². The highest BCUT2D eigenvalue weighted by atomic mass is 14.9. The summed E-state index contributed by atoms with van der Waals surface area (Å²) in [4.78, 5) is 4.71. The number of aliphatic imine (C=N–C) groups is 1. The van der Waals surface area contributed by atoms with Crippen molar-refractivity contribution in [2.75, 3.05) is 0 Å². The van der Waals surface area contributed by atoms with E-state index in [0.717, 1.165) is 18.5 Å². The van der Waals surface area contributed by atoms with Gasteiger partial charge < -0.3 is 11.5 Å². The van der Waals surface area contributed by atoms with E-state index in [2.05, 4.69) is 6.21 Å². The van der Waals surface area contributed by atoms with Crippen LogP contribution in [-0.4, -0.2) is 18.3 Å². The molecule has 18 heavy (non-hydrogen) atoms. The molecule has 0 aromatic rings. The molecule has 0 unspecified atom stereocenters. The average Bonchev–Trinajstić information content (AvgIpc) is 3.04. The minimum absolute atomic E-state index is 0.381. The van der Waals surface area contributed by atoms with Gasteiger partial charge in [-0.3, -0.25) is 4.99 Å². The lowest BCUT2D eigenvalue weighted by Crippen LogP contribution is -2.39. The number of nitrogens with two attached hydrogens (primary N) is 2. The maximum Gasteiger partial charge on any atom is 0.0529 e. The van der Waals surface area contributed by atoms with Crippen LogP contribution in [0.3, 0.4) is 0 Å². The molecule has 0 saturated heterocycles. The van der Waals surface area contributed by atoms with Crippen molar-refractivity contribution in [1.82, 2.24) is 0 Å². The molecule has 0 aromatic heterocycles. The number of hydrogen-bond acceptors (Lipinski definition) is 3. The van der Waals surface area contributed by atoms with Crippen molar-refractivity contribution in [2.24, 2.45) is 28.3 Å². The molecule has 4 N–H and O–H groups in total. The first-order valence-corrected chi connectivity index (χ1v) is 7.52. The second-order valence-corrected chi connectivity index (χ2v) is 6.33. The zero-order valence-corrected chi connectivity index (χ0v) is 11.1. The Hall–Kier alpha value is -0.830. The largest absolute Gasteiger partial charge is 0.402 e. The molecule has 0 bridgehead atoms. The van der Waals surface area contributed by atoms with Crippen LogP contribution in [0.15, 0.2) is 16.3 Å². The van der Waals surface area contributed by atoms with Gasteiger partial charge in [0.2, 0.25) is 0 Å². The Balaban J connectivity index is 1.70. The Labute approximate surface area is 110 Å². The van der Waals surface area contributed by atoms with Gasteiger partial charge in [-0.05, 0) is 55.9 Å². The smallest absolute Gasteiger partial charge is 0.0529 e. The minimum Gasteiger partial charge on any atom is -0.402 e. The maximum atomic E-state index is 6.34. The molecule has 3 fully saturated rings. The highest BCUT2D eigenvalue weighted by Gasteiger charge is 2.30. The topological polar surface area (TPSA) is 64.4 Å². The lowest BCUT2D eigenvalue weighted by Gasteiger charge is -2.29. The van der Waals surface area contributed by atoms with Crippen LogP contribution >= 0.6 is 0 Å². The van der Waals surface area contributed by atoms with Crippen LogP contribution in [0.5, 0.6) is 0 Å². The van der Waals surface area contributed by atoms with E-state index in [1.165, 1.54) is 44.1 Å². The van der Waals surface area contributed by atoms with Crippen molar-refractivity contribution in [3.05, 3.63) is 11.3 Å². The molecule has 3 aliphatic rings. The number of hydrogen-bond donors (Lipinski definition) is 2. The molecule has 0 radical (unpaired) electrons. The van der Waals surface area contributed by atoms with Gasteiger partial charge in [0.15, 0.2) is 0 Å². The first-order valence-electron chi connectivity index (χ1n) is 7.52. The first-order chi connectivity index (χ1) is 8.74. The number of allylic oxidation sites excluding steroid dienone is 2. The van der Waals surface area contributed by atoms with E-state index in [4.69, 9.17) is 16.5 Å². The van der Waals surface area contributed by atoms with E-state index in [9.17, 15) is 0 Å². The van der Waals surface area contributed by atoms with Gasteiger partial charge in [0, 0.05) is 18.0 Å². The molecule has 0 amide bonds. The third-order valence-electron chi connectivity index (χ3n) is 4.72. The SMILES string of the molecule is NC(=C(C=NC1CC(N)C1)C1CCCC1)C1CC1. The number of rotatable bonds is 4. The maximum absolute atomic E-state index is 6.34. The summed E-state index contributed by atoms with van der Waals surface area (Å²) in [5.74, 6) is 1.35. The van der Waals surface area contributed by atoms with Gasteiger partial charge >= 0.3 is 0 Å². The molecular formula is C15H25N3. The van der Waals surface area contributed by atoms with Gasteiger partial charge in [0.1, 0.15) is 0 Å². The summed E-state index contributed by atoms with van der Waals surface area (Å²) < 4.78 is 0. The highest BCUT2D eigenvalue weighted by Crippen LogP contribution is 2.39. The van der Waals surface area contributed by atoms with E-state index in [-0.39, 0.29) is 0 Å². The highest BCUT2D eigenvalue weighted by molar-refractivity contribution is 5.80. The lowest BCUT2D eigenvalue weighted by molar-refractivity contribution is 0.354. The van der Waals surface area contributed by atoms with E-state index < -0.39 is 0 Å². The fourth-order valence-corrected chi connectivity index (χ4v) is 3.22. The second-order valence-electron chi connectivity index (χ2n) is 6.33. The predicted molar refractivity (Wildman–Crippen MR) is 75.4 cm³/mol. The zero-order chi connectivity index (χ0) is 12.5. The van der Waals surface area contributed by atoms with Crippen LogP contribution < -0.4 is 11.5 Å². The van der Waals surface area contributed by atoms with Gasteiger partial charge in [0.25, 0.3) is 0 Å². The summed E-state index contributed by atoms with van der Waals surface area (Å²) >= 11 is 0. The van der Waals surface area contributed by atoms with Crippen molar-refractivity contribution >= 4 is 6.21 Å². The van der Waals surface area contributed by atoms with Crippen molar-refractivity contribution in [1.29, 1.82) is 0 Å². The molecule has 3 aliphatic carbocycles. The van der Waals surface area contributed by atoms with Gasteiger partial charge in [0.05, 0.1) is 6.04 Å². The van der Waals surface area contributed by atoms with Crippen molar-refractivity contribution in [3.63, 3.8) is 0 Å². The normalized spacial score (nSPS) is 34.7. The Morgan fingerprint density at radius 3 is 2.22 bits per heavy atom. The summed E-state index contributed by atoms with van der Waals surface area (Å²) in [5.41, 5.74) is 14.7. The molecule has 0 aromatic carbocycles. The summed E-state index contributed by atoms with van der Waals surface area (Å²) in [6.45, 7) is 0. The first kappa shape index (κ1) is 12.2. The van der Waals surface area contributed by atoms with E-state index in [1.807, 2.05) is 0 Å². The van der Waals surface area contributed by atoms with Gasteiger partial charge in [-0.15, -0.1) is 0 Å². The van der Waals surface area contributed by atoms with Crippen LogP contribution in [0.1, 0.15) is 51.4 Å². The van der Waals surface area contributed by atoms with Crippen molar-refractivity contribution < 1.29 is 0 Å². The molecule has 3 saturated carbocycles. The molecule has 3 heteroatoms. The molecule has 0 heterocycles. The quantitative estimate of drug-likeness (QED) is 0.749. The standard InChI is InChI=1S/C15H25N3/c16-12-7-13(8-12)18-9-14(10-3-1-2-4-10)15(17)11-5-6-11/h9-13H,1-8,16-17H2. The fourth-order valence-electron chi connectivity index (χ4n) is 3.22. The van der Waals surface area contributed by atoms with Gasteiger partial charge in [-0.1, -0.05) is 12.8 Å². The average molecular weight is 247 g/mol. The summed E-state index contributed by atoms with van der Waals surface area (Å²) in [6.07, 6.45) is 12.1.